The van der Waals surface area contributed by atoms with E-state index in [0.29, 0.717) is 28.6 Å². The van der Waals surface area contributed by atoms with E-state index in [0.717, 1.165) is 18.9 Å². The Bertz CT molecular complexity index is 1230. The molecule has 35 heavy (non-hydrogen) atoms. The maximum Gasteiger partial charge on any atom is 0.319 e. The van der Waals surface area contributed by atoms with Crippen molar-refractivity contribution in [1.29, 1.82) is 5.26 Å². The number of hydrogen-bond donors (Lipinski definition) is 2. The SMILES string of the molecule is CCOc1ccc([C@@H]2C(C#N)=C(SCC(=O)Nc3ccccc3Cl)NC(=O)[C@H]2C(=O)OC)cc1Cl. The third-order valence-electron chi connectivity index (χ3n) is 5.09. The first-order chi connectivity index (χ1) is 16.8. The zero-order chi connectivity index (χ0) is 25.5. The number of thioether (sulfide) groups is 1. The highest BCUT2D eigenvalue weighted by atomic mass is 35.5. The minimum Gasteiger partial charge on any atom is -0.492 e. The van der Waals surface area contributed by atoms with Crippen LogP contribution in [0.3, 0.4) is 0 Å². The van der Waals surface area contributed by atoms with Gasteiger partial charge in [-0.25, -0.2) is 0 Å². The summed E-state index contributed by atoms with van der Waals surface area (Å²) in [6, 6.07) is 13.6. The fraction of sp³-hybridized carbons (Fsp3) is 0.250. The quantitative estimate of drug-likeness (QED) is 0.378. The first kappa shape index (κ1) is 26.4. The average Bonchev–Trinajstić information content (AvgIpc) is 2.84. The number of halogens is 2. The summed E-state index contributed by atoms with van der Waals surface area (Å²) in [6.45, 7) is 2.21. The fourth-order valence-electron chi connectivity index (χ4n) is 3.55. The van der Waals surface area contributed by atoms with E-state index in [2.05, 4.69) is 16.7 Å². The number of rotatable bonds is 8. The number of benzene rings is 2. The Labute approximate surface area is 216 Å². The number of carbonyl (C=O) groups excluding carboxylic acids is 3. The number of nitriles is 1. The Morgan fingerprint density at radius 2 is 1.94 bits per heavy atom. The van der Waals surface area contributed by atoms with Crippen LogP contribution in [0.2, 0.25) is 10.0 Å². The van der Waals surface area contributed by atoms with Gasteiger partial charge in [-0.3, -0.25) is 14.4 Å². The molecule has 3 rings (SSSR count). The molecule has 11 heteroatoms. The van der Waals surface area contributed by atoms with Crippen LogP contribution >= 0.6 is 35.0 Å². The van der Waals surface area contributed by atoms with Gasteiger partial charge in [0.25, 0.3) is 0 Å². The summed E-state index contributed by atoms with van der Waals surface area (Å²) in [7, 11) is 1.16. The van der Waals surface area contributed by atoms with Crippen molar-refractivity contribution in [2.75, 3.05) is 24.8 Å². The van der Waals surface area contributed by atoms with Crippen LogP contribution in [0.25, 0.3) is 0 Å². The van der Waals surface area contributed by atoms with Crippen molar-refractivity contribution >= 4 is 58.4 Å². The molecular weight excluding hydrogens is 513 g/mol. The third-order valence-corrected chi connectivity index (χ3v) is 6.74. The van der Waals surface area contributed by atoms with Gasteiger partial charge in [0.05, 0.1) is 51.9 Å². The summed E-state index contributed by atoms with van der Waals surface area (Å²) in [5.74, 6) is -3.82. The molecule has 1 heterocycles. The number of carbonyl (C=O) groups is 3. The van der Waals surface area contributed by atoms with Gasteiger partial charge in [-0.2, -0.15) is 5.26 Å². The summed E-state index contributed by atoms with van der Waals surface area (Å²) >= 11 is 13.4. The standard InChI is InChI=1S/C24H21Cl2N3O5S/c1-3-34-18-9-8-13(10-16(18)26)20-14(11-27)23(29-22(31)21(20)24(32)33-2)35-12-19(30)28-17-7-5-4-6-15(17)25/h4-10,20-21H,3,12H2,1-2H3,(H,28,30)(H,29,31)/t20-,21+/m1/s1. The molecule has 182 valence electrons. The first-order valence-electron chi connectivity index (χ1n) is 10.4. The largest absolute Gasteiger partial charge is 0.492 e. The first-order valence-corrected chi connectivity index (χ1v) is 12.2. The number of nitrogens with zero attached hydrogens (tertiary/aromatic N) is 1. The summed E-state index contributed by atoms with van der Waals surface area (Å²) in [6.07, 6.45) is 0. The topological polar surface area (TPSA) is 118 Å². The van der Waals surface area contributed by atoms with Crippen molar-refractivity contribution in [2.45, 2.75) is 12.8 Å². The minimum atomic E-state index is -1.31. The van der Waals surface area contributed by atoms with Gasteiger partial charge in [0.15, 0.2) is 0 Å². The van der Waals surface area contributed by atoms with Gasteiger partial charge in [0, 0.05) is 5.92 Å². The maximum absolute atomic E-state index is 12.9. The summed E-state index contributed by atoms with van der Waals surface area (Å²) in [4.78, 5) is 38.0. The number of methoxy groups -OCH3 is 1. The number of para-hydroxylation sites is 1. The van der Waals surface area contributed by atoms with Crippen molar-refractivity contribution < 1.29 is 23.9 Å². The lowest BCUT2D eigenvalue weighted by atomic mass is 9.78. The lowest BCUT2D eigenvalue weighted by molar-refractivity contribution is -0.150. The average molecular weight is 534 g/mol. The Balaban J connectivity index is 1.94. The van der Waals surface area contributed by atoms with Crippen LogP contribution in [0.1, 0.15) is 18.4 Å². The molecule has 2 N–H and O–H groups in total. The van der Waals surface area contributed by atoms with Gasteiger partial charge in [-0.05, 0) is 36.8 Å². The number of anilines is 1. The van der Waals surface area contributed by atoms with Gasteiger partial charge in [0.1, 0.15) is 11.7 Å². The molecule has 0 aromatic heterocycles. The van der Waals surface area contributed by atoms with E-state index >= 15 is 0 Å². The molecule has 0 unspecified atom stereocenters. The number of ether oxygens (including phenoxy) is 2. The summed E-state index contributed by atoms with van der Waals surface area (Å²) in [5, 5.41) is 16.1. The van der Waals surface area contributed by atoms with Crippen LogP contribution in [0.5, 0.6) is 5.75 Å². The van der Waals surface area contributed by atoms with E-state index in [1.807, 2.05) is 6.92 Å². The molecule has 1 aliphatic rings. The van der Waals surface area contributed by atoms with Crippen LogP contribution < -0.4 is 15.4 Å². The minimum absolute atomic E-state index is 0.107. The Hall–Kier alpha value is -3.19. The molecule has 0 radical (unpaired) electrons. The molecule has 0 saturated carbocycles. The number of nitrogens with one attached hydrogen (secondary N) is 2. The van der Waals surface area contributed by atoms with Gasteiger partial charge >= 0.3 is 5.97 Å². The van der Waals surface area contributed by atoms with E-state index < -0.39 is 29.6 Å². The van der Waals surface area contributed by atoms with Gasteiger partial charge in [-0.1, -0.05) is 53.2 Å². The molecule has 2 amide bonds. The molecule has 2 atom stereocenters. The van der Waals surface area contributed by atoms with E-state index in [-0.39, 0.29) is 21.4 Å². The maximum atomic E-state index is 12.9. The monoisotopic (exact) mass is 533 g/mol. The van der Waals surface area contributed by atoms with Crippen molar-refractivity contribution in [1.82, 2.24) is 5.32 Å². The third kappa shape index (κ3) is 6.09. The predicted octanol–water partition coefficient (Wildman–Crippen LogP) is 4.50. The van der Waals surface area contributed by atoms with Gasteiger partial charge < -0.3 is 20.1 Å². The van der Waals surface area contributed by atoms with Gasteiger partial charge in [-0.15, -0.1) is 0 Å². The number of esters is 1. The molecule has 1 aliphatic heterocycles. The van der Waals surface area contributed by atoms with E-state index in [1.165, 1.54) is 0 Å². The Morgan fingerprint density at radius 3 is 2.57 bits per heavy atom. The normalized spacial score (nSPS) is 17.3. The zero-order valence-electron chi connectivity index (χ0n) is 18.8. The number of allylic oxidation sites excluding steroid dienone is 1. The molecule has 2 aromatic rings. The van der Waals surface area contributed by atoms with Crippen LogP contribution in [-0.4, -0.2) is 37.3 Å². The van der Waals surface area contributed by atoms with Crippen molar-refractivity contribution in [3.8, 4) is 11.8 Å². The fourth-order valence-corrected chi connectivity index (χ4v) is 4.82. The van der Waals surface area contributed by atoms with Crippen LogP contribution in [0.4, 0.5) is 5.69 Å². The summed E-state index contributed by atoms with van der Waals surface area (Å²) in [5.41, 5.74) is 1.00. The highest BCUT2D eigenvalue weighted by Gasteiger charge is 2.44. The second-order valence-electron chi connectivity index (χ2n) is 7.26. The van der Waals surface area contributed by atoms with E-state index in [9.17, 15) is 19.6 Å². The molecule has 0 bridgehead atoms. The second kappa shape index (κ2) is 12.0. The predicted molar refractivity (Wildman–Crippen MR) is 134 cm³/mol. The zero-order valence-corrected chi connectivity index (χ0v) is 21.1. The van der Waals surface area contributed by atoms with Crippen LogP contribution in [-0.2, 0) is 19.1 Å². The molecule has 8 nitrogen and oxygen atoms in total. The molecule has 2 aromatic carbocycles. The van der Waals surface area contributed by atoms with Crippen LogP contribution in [0, 0.1) is 17.2 Å². The molecular formula is C24H21Cl2N3O5S. The smallest absolute Gasteiger partial charge is 0.319 e. The molecule has 0 spiro atoms. The second-order valence-corrected chi connectivity index (χ2v) is 9.06. The lowest BCUT2D eigenvalue weighted by Gasteiger charge is -2.31. The number of hydrogen-bond acceptors (Lipinski definition) is 7. The summed E-state index contributed by atoms with van der Waals surface area (Å²) < 4.78 is 10.3. The van der Waals surface area contributed by atoms with Crippen LogP contribution in [0.15, 0.2) is 53.1 Å². The van der Waals surface area contributed by atoms with Crippen molar-refractivity contribution in [3.63, 3.8) is 0 Å². The van der Waals surface area contributed by atoms with E-state index in [1.54, 1.807) is 42.5 Å². The number of amides is 2. The molecule has 0 saturated heterocycles. The Kier molecular flexibility index (Phi) is 9.04. The van der Waals surface area contributed by atoms with E-state index in [4.69, 9.17) is 32.7 Å². The molecule has 0 fully saturated rings. The Morgan fingerprint density at radius 1 is 1.20 bits per heavy atom. The highest BCUT2D eigenvalue weighted by molar-refractivity contribution is 8.03. The van der Waals surface area contributed by atoms with Crippen molar-refractivity contribution in [2.24, 2.45) is 5.92 Å². The van der Waals surface area contributed by atoms with Gasteiger partial charge in [0.2, 0.25) is 11.8 Å². The van der Waals surface area contributed by atoms with Crippen molar-refractivity contribution in [3.05, 3.63) is 68.7 Å². The highest BCUT2D eigenvalue weighted by Crippen LogP contribution is 2.42. The lowest BCUT2D eigenvalue weighted by Crippen LogP contribution is -2.44. The molecule has 0 aliphatic carbocycles.